The van der Waals surface area contributed by atoms with Crippen LogP contribution in [0.2, 0.25) is 5.02 Å². The Labute approximate surface area is 122 Å². The second-order valence-electron chi connectivity index (χ2n) is 4.00. The zero-order valence-corrected chi connectivity index (χ0v) is 12.4. The van der Waals surface area contributed by atoms with Crippen LogP contribution >= 0.6 is 34.5 Å². The second-order valence-corrected chi connectivity index (χ2v) is 5.82. The Morgan fingerprint density at radius 1 is 1.17 bits per heavy atom. The highest BCUT2D eigenvalue weighted by atomic mass is 35.5. The van der Waals surface area contributed by atoms with Crippen LogP contribution in [-0.2, 0) is 0 Å². The summed E-state index contributed by atoms with van der Waals surface area (Å²) < 4.78 is 0. The number of benzene rings is 1. The molecule has 0 radical (unpaired) electrons. The zero-order chi connectivity index (χ0) is 13.0. The average Bonchev–Trinajstić information content (AvgIpc) is 2.85. The summed E-state index contributed by atoms with van der Waals surface area (Å²) in [5, 5.41) is 0.769. The molecule has 0 spiro atoms. The molecule has 0 atom stereocenters. The molecule has 0 saturated heterocycles. The summed E-state index contributed by atoms with van der Waals surface area (Å²) in [6, 6.07) is 12.2. The number of rotatable bonds is 4. The molecule has 0 aliphatic heterocycles. The van der Waals surface area contributed by atoms with Crippen LogP contribution in [0.25, 0.3) is 16.5 Å². The van der Waals surface area contributed by atoms with E-state index in [1.54, 1.807) is 11.3 Å². The lowest BCUT2D eigenvalue weighted by molar-refractivity contribution is 1.12. The van der Waals surface area contributed by atoms with E-state index in [0.29, 0.717) is 5.88 Å². The van der Waals surface area contributed by atoms with Gasteiger partial charge < -0.3 is 0 Å². The van der Waals surface area contributed by atoms with E-state index in [4.69, 9.17) is 23.2 Å². The van der Waals surface area contributed by atoms with Crippen molar-refractivity contribution in [2.75, 3.05) is 5.88 Å². The Kier molecular flexibility index (Phi) is 4.87. The molecule has 1 heterocycles. The van der Waals surface area contributed by atoms with Gasteiger partial charge in [-0.25, -0.2) is 0 Å². The van der Waals surface area contributed by atoms with Crippen molar-refractivity contribution in [2.45, 2.75) is 13.3 Å². The van der Waals surface area contributed by atoms with E-state index in [0.717, 1.165) is 11.4 Å². The molecule has 3 heteroatoms. The third kappa shape index (κ3) is 3.38. The molecule has 0 aliphatic rings. The minimum atomic E-state index is 0.602. The first kappa shape index (κ1) is 13.7. The van der Waals surface area contributed by atoms with Crippen LogP contribution in [0.3, 0.4) is 0 Å². The lowest BCUT2D eigenvalue weighted by Gasteiger charge is -1.97. The Morgan fingerprint density at radius 3 is 2.50 bits per heavy atom. The summed E-state index contributed by atoms with van der Waals surface area (Å²) in [6.45, 7) is 2.13. The standard InChI is InChI=1S/C15H14Cl2S/c1-2-11(10-16)9-14-7-8-15(18-14)12-3-5-13(17)6-4-12/h3-9H,2,10H2,1H3. The van der Waals surface area contributed by atoms with Gasteiger partial charge >= 0.3 is 0 Å². The van der Waals surface area contributed by atoms with Crippen molar-refractivity contribution in [1.82, 2.24) is 0 Å². The van der Waals surface area contributed by atoms with Crippen molar-refractivity contribution in [1.29, 1.82) is 0 Å². The fourth-order valence-electron chi connectivity index (χ4n) is 1.64. The second kappa shape index (κ2) is 6.42. The molecule has 0 nitrogen and oxygen atoms in total. The normalized spacial score (nSPS) is 11.8. The van der Waals surface area contributed by atoms with Crippen molar-refractivity contribution in [2.24, 2.45) is 0 Å². The number of allylic oxidation sites excluding steroid dienone is 1. The van der Waals surface area contributed by atoms with Crippen LogP contribution in [0.5, 0.6) is 0 Å². The van der Waals surface area contributed by atoms with Crippen LogP contribution in [-0.4, -0.2) is 5.88 Å². The molecular formula is C15H14Cl2S. The largest absolute Gasteiger partial charge is 0.136 e. The molecule has 0 bridgehead atoms. The van der Waals surface area contributed by atoms with Gasteiger partial charge in [-0.1, -0.05) is 36.2 Å². The molecule has 0 fully saturated rings. The Morgan fingerprint density at radius 2 is 1.89 bits per heavy atom. The van der Waals surface area contributed by atoms with Gasteiger partial charge in [-0.3, -0.25) is 0 Å². The summed E-state index contributed by atoms with van der Waals surface area (Å²) >= 11 is 13.5. The average molecular weight is 297 g/mol. The van der Waals surface area contributed by atoms with Crippen molar-refractivity contribution >= 4 is 40.6 Å². The summed E-state index contributed by atoms with van der Waals surface area (Å²) in [5.41, 5.74) is 2.47. The lowest BCUT2D eigenvalue weighted by Crippen LogP contribution is -1.79. The first-order valence-electron chi connectivity index (χ1n) is 5.84. The molecule has 0 saturated carbocycles. The third-order valence-corrected chi connectivity index (χ3v) is 4.40. The summed E-state index contributed by atoms with van der Waals surface area (Å²) in [5.74, 6) is 0.602. The predicted octanol–water partition coefficient (Wildman–Crippen LogP) is 6.10. The van der Waals surface area contributed by atoms with Gasteiger partial charge in [-0.05, 0) is 42.3 Å². The monoisotopic (exact) mass is 296 g/mol. The van der Waals surface area contributed by atoms with E-state index in [2.05, 4.69) is 25.1 Å². The van der Waals surface area contributed by atoms with Gasteiger partial charge in [-0.15, -0.1) is 22.9 Å². The molecule has 18 heavy (non-hydrogen) atoms. The molecule has 2 rings (SSSR count). The molecule has 1 aromatic heterocycles. The fraction of sp³-hybridized carbons (Fsp3) is 0.200. The lowest BCUT2D eigenvalue weighted by atomic mass is 10.2. The molecule has 0 aliphatic carbocycles. The Hall–Kier alpha value is -0.760. The predicted molar refractivity (Wildman–Crippen MR) is 83.8 cm³/mol. The topological polar surface area (TPSA) is 0 Å². The highest BCUT2D eigenvalue weighted by Crippen LogP contribution is 2.30. The summed E-state index contributed by atoms with van der Waals surface area (Å²) in [6.07, 6.45) is 3.18. The number of hydrogen-bond acceptors (Lipinski definition) is 1. The minimum Gasteiger partial charge on any atom is -0.136 e. The molecule has 0 amide bonds. The minimum absolute atomic E-state index is 0.602. The van der Waals surface area contributed by atoms with Gasteiger partial charge in [0.2, 0.25) is 0 Å². The van der Waals surface area contributed by atoms with E-state index in [1.807, 2.05) is 24.3 Å². The highest BCUT2D eigenvalue weighted by molar-refractivity contribution is 7.16. The molecule has 1 aromatic carbocycles. The number of halogens is 2. The highest BCUT2D eigenvalue weighted by Gasteiger charge is 2.02. The van der Waals surface area contributed by atoms with Crippen molar-refractivity contribution in [3.05, 3.63) is 51.9 Å². The van der Waals surface area contributed by atoms with Crippen LogP contribution in [0.4, 0.5) is 0 Å². The first-order valence-corrected chi connectivity index (χ1v) is 7.57. The first-order chi connectivity index (χ1) is 8.72. The maximum Gasteiger partial charge on any atom is 0.0437 e. The number of thiophene rings is 1. The van der Waals surface area contributed by atoms with Crippen LogP contribution in [0, 0.1) is 0 Å². The van der Waals surface area contributed by atoms with E-state index < -0.39 is 0 Å². The number of alkyl halides is 1. The Bertz CT molecular complexity index is 532. The van der Waals surface area contributed by atoms with Crippen LogP contribution < -0.4 is 0 Å². The maximum absolute atomic E-state index is 5.89. The van der Waals surface area contributed by atoms with Gasteiger partial charge in [0.25, 0.3) is 0 Å². The Balaban J connectivity index is 2.25. The summed E-state index contributed by atoms with van der Waals surface area (Å²) in [4.78, 5) is 2.50. The van der Waals surface area contributed by atoms with Crippen molar-refractivity contribution < 1.29 is 0 Å². The van der Waals surface area contributed by atoms with E-state index in [1.165, 1.54) is 20.9 Å². The quantitative estimate of drug-likeness (QED) is 0.598. The molecule has 0 N–H and O–H groups in total. The van der Waals surface area contributed by atoms with E-state index >= 15 is 0 Å². The molecule has 0 unspecified atom stereocenters. The van der Waals surface area contributed by atoms with Crippen LogP contribution in [0.15, 0.2) is 42.0 Å². The van der Waals surface area contributed by atoms with Gasteiger partial charge in [0.1, 0.15) is 0 Å². The molecule has 2 aromatic rings. The SMILES string of the molecule is CCC(=Cc1ccc(-c2ccc(Cl)cc2)s1)CCl. The molecule has 94 valence electrons. The number of hydrogen-bond donors (Lipinski definition) is 0. The fourth-order valence-corrected chi connectivity index (χ4v) is 3.03. The summed E-state index contributed by atoms with van der Waals surface area (Å²) in [7, 11) is 0. The van der Waals surface area contributed by atoms with E-state index in [-0.39, 0.29) is 0 Å². The van der Waals surface area contributed by atoms with Crippen molar-refractivity contribution in [3.63, 3.8) is 0 Å². The van der Waals surface area contributed by atoms with Crippen LogP contribution in [0.1, 0.15) is 18.2 Å². The van der Waals surface area contributed by atoms with Gasteiger partial charge in [-0.2, -0.15) is 0 Å². The maximum atomic E-state index is 5.89. The van der Waals surface area contributed by atoms with Crippen molar-refractivity contribution in [3.8, 4) is 10.4 Å². The van der Waals surface area contributed by atoms with Gasteiger partial charge in [0.05, 0.1) is 0 Å². The smallest absolute Gasteiger partial charge is 0.0437 e. The van der Waals surface area contributed by atoms with Gasteiger partial charge in [0.15, 0.2) is 0 Å². The van der Waals surface area contributed by atoms with E-state index in [9.17, 15) is 0 Å². The van der Waals surface area contributed by atoms with Gasteiger partial charge in [0, 0.05) is 20.7 Å². The third-order valence-electron chi connectivity index (χ3n) is 2.73. The zero-order valence-electron chi connectivity index (χ0n) is 10.1. The molecular weight excluding hydrogens is 283 g/mol.